The van der Waals surface area contributed by atoms with Gasteiger partial charge < -0.3 is 20.7 Å². The van der Waals surface area contributed by atoms with Crippen molar-refractivity contribution in [1.29, 1.82) is 5.26 Å². The topological polar surface area (TPSA) is 149 Å². The van der Waals surface area contributed by atoms with Crippen LogP contribution in [0, 0.1) is 24.1 Å². The van der Waals surface area contributed by atoms with Crippen molar-refractivity contribution in [2.45, 2.75) is 19.6 Å². The molecule has 0 saturated carbocycles. The van der Waals surface area contributed by atoms with E-state index in [1.54, 1.807) is 43.3 Å². The fourth-order valence-corrected chi connectivity index (χ4v) is 4.36. The molecule has 4 aromatic rings. The van der Waals surface area contributed by atoms with Crippen LogP contribution in [0.4, 0.5) is 10.1 Å². The van der Waals surface area contributed by atoms with Crippen molar-refractivity contribution < 1.29 is 19.1 Å². The number of hydrogen-bond donors (Lipinski definition) is 4. The van der Waals surface area contributed by atoms with Gasteiger partial charge in [-0.05, 0) is 48.4 Å². The highest BCUT2D eigenvalue weighted by Crippen LogP contribution is 2.41. The SMILES string of the molecule is Cc1cc(C(=O)NCC(O)Cn2nccn2)c(/C=C2\C(=O)Nc3cccc(-c4ccc(F)c(C#N)c4)c32)[nH]1. The van der Waals surface area contributed by atoms with E-state index >= 15 is 0 Å². The summed E-state index contributed by atoms with van der Waals surface area (Å²) in [5.74, 6) is -1.43. The van der Waals surface area contributed by atoms with E-state index < -0.39 is 17.8 Å². The molecule has 0 aliphatic carbocycles. The third kappa shape index (κ3) is 4.80. The first-order valence-electron chi connectivity index (χ1n) is 11.7. The number of nitrogens with zero attached hydrogens (tertiary/aromatic N) is 4. The van der Waals surface area contributed by atoms with Gasteiger partial charge in [0.25, 0.3) is 11.8 Å². The maximum absolute atomic E-state index is 13.9. The van der Waals surface area contributed by atoms with E-state index in [9.17, 15) is 24.3 Å². The third-order valence-electron chi connectivity index (χ3n) is 6.08. The minimum Gasteiger partial charge on any atom is -0.389 e. The molecule has 10 nitrogen and oxygen atoms in total. The highest BCUT2D eigenvalue weighted by Gasteiger charge is 2.28. The van der Waals surface area contributed by atoms with E-state index in [4.69, 9.17) is 0 Å². The number of aliphatic hydroxyl groups excluding tert-OH is 1. The summed E-state index contributed by atoms with van der Waals surface area (Å²) in [4.78, 5) is 30.4. The van der Waals surface area contributed by atoms with Crippen molar-refractivity contribution in [3.05, 3.63) is 88.8 Å². The maximum Gasteiger partial charge on any atom is 0.256 e. The summed E-state index contributed by atoms with van der Waals surface area (Å²) >= 11 is 0. The molecule has 0 saturated heterocycles. The smallest absolute Gasteiger partial charge is 0.256 e. The van der Waals surface area contributed by atoms with E-state index in [0.717, 1.165) is 0 Å². The molecular formula is C27H22FN7O3. The highest BCUT2D eigenvalue weighted by atomic mass is 19.1. The first-order chi connectivity index (χ1) is 18.3. The lowest BCUT2D eigenvalue weighted by atomic mass is 9.93. The number of aromatic amines is 1. The summed E-state index contributed by atoms with van der Waals surface area (Å²) in [5, 5.41) is 32.9. The Balaban J connectivity index is 1.46. The predicted molar refractivity (Wildman–Crippen MR) is 137 cm³/mol. The molecule has 0 radical (unpaired) electrons. The summed E-state index contributed by atoms with van der Waals surface area (Å²) in [6.45, 7) is 1.87. The molecule has 1 atom stereocenters. The Hall–Kier alpha value is -5.08. The zero-order chi connectivity index (χ0) is 26.8. The molecule has 2 amide bonds. The standard InChI is InChI=1S/C27H22FN7O3/c1-15-9-20(26(37)30-13-18(36)14-35-31-7-8-32-35)24(33-15)11-21-25-19(3-2-4-23(25)34-27(21)38)16-5-6-22(28)17(10-16)12-29/h2-11,18,33,36H,13-14H2,1H3,(H,30,37)(H,34,38)/b21-11-. The van der Waals surface area contributed by atoms with Crippen molar-refractivity contribution in [2.75, 3.05) is 11.9 Å². The number of hydrogen-bond acceptors (Lipinski definition) is 6. The Kier molecular flexibility index (Phi) is 6.55. The summed E-state index contributed by atoms with van der Waals surface area (Å²) < 4.78 is 13.9. The van der Waals surface area contributed by atoms with Gasteiger partial charge in [0.1, 0.15) is 11.9 Å². The average Bonchev–Trinajstić information content (AvgIpc) is 3.62. The van der Waals surface area contributed by atoms with Gasteiger partial charge in [-0.1, -0.05) is 18.2 Å². The Labute approximate surface area is 216 Å². The van der Waals surface area contributed by atoms with Crippen molar-refractivity contribution in [3.8, 4) is 17.2 Å². The minimum absolute atomic E-state index is 0.0279. The van der Waals surface area contributed by atoms with Gasteiger partial charge in [-0.2, -0.15) is 20.3 Å². The minimum atomic E-state index is -0.905. The number of H-pyrrole nitrogens is 1. The number of aliphatic hydroxyl groups is 1. The fourth-order valence-electron chi connectivity index (χ4n) is 4.36. The number of aryl methyl sites for hydroxylation is 1. The zero-order valence-corrected chi connectivity index (χ0v) is 20.2. The van der Waals surface area contributed by atoms with E-state index in [1.165, 1.54) is 29.3 Å². The number of benzene rings is 2. The van der Waals surface area contributed by atoms with Gasteiger partial charge >= 0.3 is 0 Å². The van der Waals surface area contributed by atoms with Crippen LogP contribution in [0.15, 0.2) is 54.9 Å². The van der Waals surface area contributed by atoms with Gasteiger partial charge in [-0.15, -0.1) is 0 Å². The van der Waals surface area contributed by atoms with Crippen LogP contribution < -0.4 is 10.6 Å². The molecule has 3 heterocycles. The number of carbonyl (C=O) groups is 2. The largest absolute Gasteiger partial charge is 0.389 e. The van der Waals surface area contributed by atoms with E-state index in [2.05, 4.69) is 25.8 Å². The van der Waals surface area contributed by atoms with Crippen LogP contribution >= 0.6 is 0 Å². The number of nitriles is 1. The number of halogens is 1. The monoisotopic (exact) mass is 511 g/mol. The highest BCUT2D eigenvalue weighted by molar-refractivity contribution is 6.36. The van der Waals surface area contributed by atoms with Crippen LogP contribution in [-0.2, 0) is 11.3 Å². The molecular weight excluding hydrogens is 489 g/mol. The number of anilines is 1. The number of amides is 2. The molecule has 1 aliphatic rings. The van der Waals surface area contributed by atoms with Crippen molar-refractivity contribution in [3.63, 3.8) is 0 Å². The molecule has 1 unspecified atom stereocenters. The molecule has 190 valence electrons. The van der Waals surface area contributed by atoms with Gasteiger partial charge in [0.05, 0.1) is 47.4 Å². The fraction of sp³-hybridized carbons (Fsp3) is 0.148. The van der Waals surface area contributed by atoms with E-state index in [1.807, 2.05) is 6.07 Å². The lowest BCUT2D eigenvalue weighted by molar-refractivity contribution is -0.110. The second-order valence-electron chi connectivity index (χ2n) is 8.77. The molecule has 38 heavy (non-hydrogen) atoms. The van der Waals surface area contributed by atoms with Crippen molar-refractivity contribution >= 4 is 29.2 Å². The van der Waals surface area contributed by atoms with Crippen LogP contribution in [0.3, 0.4) is 0 Å². The summed E-state index contributed by atoms with van der Waals surface area (Å²) in [5.41, 5.74) is 3.95. The first kappa shape index (κ1) is 24.6. The Morgan fingerprint density at radius 2 is 2.05 bits per heavy atom. The summed E-state index contributed by atoms with van der Waals surface area (Å²) in [7, 11) is 0. The van der Waals surface area contributed by atoms with E-state index in [-0.39, 0.29) is 24.6 Å². The average molecular weight is 512 g/mol. The van der Waals surface area contributed by atoms with Crippen LogP contribution in [0.25, 0.3) is 22.8 Å². The summed E-state index contributed by atoms with van der Waals surface area (Å²) in [6, 6.07) is 13.0. The number of fused-ring (bicyclic) bond motifs is 1. The van der Waals surface area contributed by atoms with Crippen molar-refractivity contribution in [1.82, 2.24) is 25.3 Å². The lowest BCUT2D eigenvalue weighted by Gasteiger charge is -2.11. The Bertz CT molecular complexity index is 1620. The predicted octanol–water partition coefficient (Wildman–Crippen LogP) is 2.88. The number of aromatic nitrogens is 4. The van der Waals surface area contributed by atoms with Crippen LogP contribution in [0.2, 0.25) is 0 Å². The third-order valence-corrected chi connectivity index (χ3v) is 6.08. The molecule has 0 fully saturated rings. The van der Waals surface area contributed by atoms with E-state index in [0.29, 0.717) is 44.9 Å². The first-order valence-corrected chi connectivity index (χ1v) is 11.7. The molecule has 11 heteroatoms. The van der Waals surface area contributed by atoms with Crippen molar-refractivity contribution in [2.24, 2.45) is 0 Å². The molecule has 0 spiro atoms. The number of rotatable bonds is 7. The summed E-state index contributed by atoms with van der Waals surface area (Å²) in [6.07, 6.45) is 3.67. The molecule has 5 rings (SSSR count). The van der Waals surface area contributed by atoms with Gasteiger partial charge in [-0.25, -0.2) is 4.39 Å². The second kappa shape index (κ2) is 10.1. The molecule has 0 bridgehead atoms. The van der Waals surface area contributed by atoms with Crippen LogP contribution in [0.5, 0.6) is 0 Å². The van der Waals surface area contributed by atoms with Gasteiger partial charge in [-0.3, -0.25) is 9.59 Å². The molecule has 2 aromatic heterocycles. The number of carbonyl (C=O) groups excluding carboxylic acids is 2. The van der Waals surface area contributed by atoms with Crippen LogP contribution in [0.1, 0.15) is 32.9 Å². The van der Waals surface area contributed by atoms with Crippen LogP contribution in [-0.4, -0.2) is 49.5 Å². The molecule has 2 aromatic carbocycles. The quantitative estimate of drug-likeness (QED) is 0.280. The Morgan fingerprint density at radius 3 is 2.82 bits per heavy atom. The lowest BCUT2D eigenvalue weighted by Crippen LogP contribution is -2.35. The Morgan fingerprint density at radius 1 is 1.26 bits per heavy atom. The normalized spacial score (nSPS) is 14.2. The van der Waals surface area contributed by atoms with Gasteiger partial charge in [0.2, 0.25) is 0 Å². The molecule has 1 aliphatic heterocycles. The second-order valence-corrected chi connectivity index (χ2v) is 8.77. The van der Waals surface area contributed by atoms with Gasteiger partial charge in [0.15, 0.2) is 0 Å². The maximum atomic E-state index is 13.9. The molecule has 4 N–H and O–H groups in total. The zero-order valence-electron chi connectivity index (χ0n) is 20.2. The number of nitrogens with one attached hydrogen (secondary N) is 3. The van der Waals surface area contributed by atoms with Gasteiger partial charge in [0, 0.05) is 23.5 Å².